The summed E-state index contributed by atoms with van der Waals surface area (Å²) in [4.78, 5) is 16.7. The third-order valence-electron chi connectivity index (χ3n) is 0. The van der Waals surface area contributed by atoms with Crippen molar-refractivity contribution >= 4 is 63.1 Å². The Kier molecular flexibility index (Phi) is 150. The summed E-state index contributed by atoms with van der Waals surface area (Å²) in [6, 6.07) is 0. The van der Waals surface area contributed by atoms with Crippen LogP contribution in [-0.4, -0.2) is 60.9 Å². The molecule has 0 bridgehead atoms. The predicted molar refractivity (Wildman–Crippen MR) is 32.6 cm³/mol. The Balaban J connectivity index is -0.00000000571. The van der Waals surface area contributed by atoms with Crippen molar-refractivity contribution < 1.29 is 22.7 Å². The minimum absolute atomic E-state index is 0. The average Bonchev–Trinajstić information content (AvgIpc) is 1.39. The van der Waals surface area contributed by atoms with Gasteiger partial charge < -0.3 is 13.1 Å². The van der Waals surface area contributed by atoms with Gasteiger partial charge in [-0.25, -0.2) is 0 Å². The maximum absolute atomic E-state index is 8.36. The molecular formula is C2H7CaClO4. The van der Waals surface area contributed by atoms with Crippen molar-refractivity contribution in [2.24, 2.45) is 0 Å². The van der Waals surface area contributed by atoms with Crippen LogP contribution in [0, 0.1) is 0 Å². The number of carbonyl (C=O) groups is 2. The topological polar surface area (TPSA) is 74.6 Å². The summed E-state index contributed by atoms with van der Waals surface area (Å²) in [5.74, 6) is 0. The minimum Gasteiger partial charge on any atom is -1.00 e. The summed E-state index contributed by atoms with van der Waals surface area (Å²) in [5, 5.41) is 13.8. The van der Waals surface area contributed by atoms with E-state index < -0.39 is 0 Å². The molecule has 0 amide bonds. The first-order valence-electron chi connectivity index (χ1n) is 0.988. The molecule has 0 saturated heterocycles. The maximum Gasteiger partial charge on any atom is 2.00 e. The Morgan fingerprint density at radius 2 is 1.12 bits per heavy atom. The van der Waals surface area contributed by atoms with Crippen molar-refractivity contribution in [2.75, 3.05) is 0 Å². The quantitative estimate of drug-likeness (QED) is 0.386. The van der Waals surface area contributed by atoms with Crippen molar-refractivity contribution in [1.29, 1.82) is 0 Å². The van der Waals surface area contributed by atoms with E-state index in [0.29, 0.717) is 0 Å². The molecule has 0 radical (unpaired) electrons. The molecule has 4 nitrogen and oxygen atoms in total. The smallest absolute Gasteiger partial charge is 1.00 e. The zero-order valence-electron chi connectivity index (χ0n) is 5.98. The van der Waals surface area contributed by atoms with Gasteiger partial charge in [-0.3, -0.25) is 9.59 Å². The van der Waals surface area contributed by atoms with Crippen molar-refractivity contribution in [1.82, 2.24) is 0 Å². The number of rotatable bonds is 0. The second-order valence-electron chi connectivity index (χ2n) is 0.211. The van der Waals surface area contributed by atoms with Crippen LogP contribution in [0.2, 0.25) is 0 Å². The molecule has 0 aliphatic heterocycles. The first-order valence-corrected chi connectivity index (χ1v) is 0.988. The zero-order chi connectivity index (χ0) is 5.41. The molecule has 48 valence electrons. The van der Waals surface area contributed by atoms with Crippen LogP contribution < -0.4 is 0 Å². The molecule has 0 fully saturated rings. The van der Waals surface area contributed by atoms with Crippen molar-refractivity contribution in [3.8, 4) is 0 Å². The maximum atomic E-state index is 8.36. The molecule has 8 heavy (non-hydrogen) atoms. The molecule has 0 saturated carbocycles. The van der Waals surface area contributed by atoms with E-state index >= 15 is 0 Å². The first kappa shape index (κ1) is 23.6. The number of halogens is 1. The largest absolute Gasteiger partial charge is 2.00 e. The Morgan fingerprint density at radius 1 is 1.12 bits per heavy atom. The van der Waals surface area contributed by atoms with E-state index in [1.54, 1.807) is 0 Å². The third-order valence-corrected chi connectivity index (χ3v) is 0. The summed E-state index contributed by atoms with van der Waals surface area (Å²) in [7, 11) is 0. The molecular weight excluding hydrogens is 164 g/mol. The van der Waals surface area contributed by atoms with Gasteiger partial charge in [0.1, 0.15) is 0 Å². The fraction of sp³-hybridized carbons (Fsp3) is 0. The molecule has 0 unspecified atom stereocenters. The number of hydrogen-bond acceptors (Lipinski definition) is 2. The van der Waals surface area contributed by atoms with E-state index in [4.69, 9.17) is 19.8 Å². The van der Waals surface area contributed by atoms with Crippen LogP contribution in [0.4, 0.5) is 0 Å². The van der Waals surface area contributed by atoms with Gasteiger partial charge >= 0.3 is 37.7 Å². The van der Waals surface area contributed by atoms with Crippen LogP contribution >= 0.6 is 12.4 Å². The van der Waals surface area contributed by atoms with Gasteiger partial charge in [0.05, 0.1) is 0 Å². The predicted octanol–water partition coefficient (Wildman–Crippen LogP) is -0.332. The molecule has 0 aliphatic rings. The number of hydrogen-bond donors (Lipinski definition) is 2. The molecule has 6 heteroatoms. The van der Waals surface area contributed by atoms with E-state index in [9.17, 15) is 0 Å². The van der Waals surface area contributed by atoms with Gasteiger partial charge in [-0.1, -0.05) is 0 Å². The summed E-state index contributed by atoms with van der Waals surface area (Å²) in [5.41, 5.74) is 0. The molecule has 0 aromatic carbocycles. The molecule has 0 spiro atoms. The number of carboxylic acid groups (broad SMARTS) is 2. The normalized spacial score (nSPS) is 3.00. The SMILES string of the molecule is Cl.O=CO.O=CO.[Ca+2].[H-].[H-]. The average molecular weight is 171 g/mol. The van der Waals surface area contributed by atoms with E-state index in [0.717, 1.165) is 0 Å². The van der Waals surface area contributed by atoms with Crippen molar-refractivity contribution in [2.45, 2.75) is 0 Å². The first-order chi connectivity index (χ1) is 2.83. The van der Waals surface area contributed by atoms with Crippen LogP contribution in [0.3, 0.4) is 0 Å². The Bertz CT molecular complexity index is 42.2. The van der Waals surface area contributed by atoms with E-state index in [1.807, 2.05) is 0 Å². The monoisotopic (exact) mass is 170 g/mol. The van der Waals surface area contributed by atoms with Gasteiger partial charge in [-0.15, -0.1) is 12.4 Å². The molecule has 2 N–H and O–H groups in total. The van der Waals surface area contributed by atoms with Gasteiger partial charge in [0.15, 0.2) is 0 Å². The van der Waals surface area contributed by atoms with E-state index in [-0.39, 0.29) is 65.9 Å². The van der Waals surface area contributed by atoms with Gasteiger partial charge in [-0.2, -0.15) is 0 Å². The Hall–Kier alpha value is 0.490. The van der Waals surface area contributed by atoms with Crippen LogP contribution in [-0.2, 0) is 9.59 Å². The van der Waals surface area contributed by atoms with Crippen molar-refractivity contribution in [3.05, 3.63) is 0 Å². The van der Waals surface area contributed by atoms with Crippen LogP contribution in [0.15, 0.2) is 0 Å². The standard InChI is InChI=1S/2CH2O2.Ca.ClH.2H/c2*2-1-3;;;;/h2*1H,(H,2,3);;1H;;/q;;+2;;2*-1. The molecule has 0 atom stereocenters. The summed E-state index contributed by atoms with van der Waals surface area (Å²) < 4.78 is 0. The summed E-state index contributed by atoms with van der Waals surface area (Å²) in [6.45, 7) is -0.500. The fourth-order valence-corrected chi connectivity index (χ4v) is 0. The fourth-order valence-electron chi connectivity index (χ4n) is 0. The molecule has 0 aromatic rings. The molecule has 0 aromatic heterocycles. The second-order valence-corrected chi connectivity index (χ2v) is 0.211. The van der Waals surface area contributed by atoms with Crippen molar-refractivity contribution in [3.63, 3.8) is 0 Å². The van der Waals surface area contributed by atoms with Gasteiger partial charge in [0.2, 0.25) is 0 Å². The van der Waals surface area contributed by atoms with Crippen LogP contribution in [0.5, 0.6) is 0 Å². The van der Waals surface area contributed by atoms with Gasteiger partial charge in [0, 0.05) is 0 Å². The Labute approximate surface area is 85.3 Å². The van der Waals surface area contributed by atoms with E-state index in [1.165, 1.54) is 0 Å². The van der Waals surface area contributed by atoms with Crippen LogP contribution in [0.1, 0.15) is 2.85 Å². The van der Waals surface area contributed by atoms with Gasteiger partial charge in [0.25, 0.3) is 12.9 Å². The minimum atomic E-state index is -0.250. The zero-order valence-corrected chi connectivity index (χ0v) is 7.01. The van der Waals surface area contributed by atoms with Crippen LogP contribution in [0.25, 0.3) is 0 Å². The summed E-state index contributed by atoms with van der Waals surface area (Å²) in [6.07, 6.45) is 0. The molecule has 0 heterocycles. The molecule has 0 rings (SSSR count). The second kappa shape index (κ2) is 50.9. The van der Waals surface area contributed by atoms with Gasteiger partial charge in [-0.05, 0) is 0 Å². The summed E-state index contributed by atoms with van der Waals surface area (Å²) >= 11 is 0. The van der Waals surface area contributed by atoms with E-state index in [2.05, 4.69) is 0 Å². The molecule has 0 aliphatic carbocycles. The third kappa shape index (κ3) is 815. The Morgan fingerprint density at radius 3 is 1.12 bits per heavy atom.